The van der Waals surface area contributed by atoms with E-state index in [1.54, 1.807) is 12.1 Å². The highest BCUT2D eigenvalue weighted by Crippen LogP contribution is 2.36. The van der Waals surface area contributed by atoms with Gasteiger partial charge in [0.2, 0.25) is 5.82 Å². The fraction of sp³-hybridized carbons (Fsp3) is 0.250. The maximum absolute atomic E-state index is 13.1. The Morgan fingerprint density at radius 3 is 2.32 bits per heavy atom. The molecular formula is C28H24F3N3O3. The Bertz CT molecular complexity index is 1380. The van der Waals surface area contributed by atoms with Crippen LogP contribution in [0.5, 0.6) is 0 Å². The van der Waals surface area contributed by atoms with Crippen molar-refractivity contribution in [2.45, 2.75) is 24.4 Å². The van der Waals surface area contributed by atoms with Gasteiger partial charge >= 0.3 is 12.1 Å². The van der Waals surface area contributed by atoms with Crippen molar-refractivity contribution in [3.05, 3.63) is 95.9 Å². The summed E-state index contributed by atoms with van der Waals surface area (Å²) in [5, 5.41) is 6.44. The van der Waals surface area contributed by atoms with Gasteiger partial charge in [-0.05, 0) is 41.7 Å². The summed E-state index contributed by atoms with van der Waals surface area (Å²) in [6, 6.07) is 24.6. The fourth-order valence-corrected chi connectivity index (χ4v) is 4.60. The molecule has 1 fully saturated rings. The summed E-state index contributed by atoms with van der Waals surface area (Å²) < 4.78 is 48.4. The third kappa shape index (κ3) is 5.41. The van der Waals surface area contributed by atoms with Gasteiger partial charge in [0.15, 0.2) is 0 Å². The first kappa shape index (κ1) is 24.7. The summed E-state index contributed by atoms with van der Waals surface area (Å²) in [5.74, 6) is -2.01. The molecule has 4 aromatic rings. The van der Waals surface area contributed by atoms with Crippen LogP contribution < -0.4 is 5.32 Å². The molecule has 0 atom stereocenters. The SMILES string of the molecule is O=C(NCC1(c2cccc(-c3ccccc3)c2)CCOCC1)c1cccc(-c2noc(C(F)(F)F)n2)c1. The lowest BCUT2D eigenvalue weighted by molar-refractivity contribution is -0.159. The smallest absolute Gasteiger partial charge is 0.381 e. The molecule has 1 aromatic heterocycles. The number of nitrogens with zero attached hydrogens (tertiary/aromatic N) is 2. The van der Waals surface area contributed by atoms with Crippen LogP contribution in [0.4, 0.5) is 13.2 Å². The van der Waals surface area contributed by atoms with Crippen LogP contribution in [0.2, 0.25) is 0 Å². The molecular weight excluding hydrogens is 483 g/mol. The van der Waals surface area contributed by atoms with Crippen molar-refractivity contribution in [1.82, 2.24) is 15.5 Å². The van der Waals surface area contributed by atoms with Gasteiger partial charge in [-0.25, -0.2) is 0 Å². The largest absolute Gasteiger partial charge is 0.471 e. The molecule has 9 heteroatoms. The van der Waals surface area contributed by atoms with E-state index in [-0.39, 0.29) is 28.3 Å². The molecule has 1 saturated heterocycles. The topological polar surface area (TPSA) is 77.2 Å². The lowest BCUT2D eigenvalue weighted by Gasteiger charge is -2.38. The molecule has 0 aliphatic carbocycles. The molecule has 3 aromatic carbocycles. The van der Waals surface area contributed by atoms with E-state index in [0.717, 1.165) is 29.5 Å². The van der Waals surface area contributed by atoms with Gasteiger partial charge < -0.3 is 14.6 Å². The number of nitrogens with one attached hydrogen (secondary N) is 1. The average molecular weight is 508 g/mol. The van der Waals surface area contributed by atoms with Gasteiger partial charge in [-0.2, -0.15) is 18.2 Å². The average Bonchev–Trinajstić information content (AvgIpc) is 3.44. The molecule has 0 saturated carbocycles. The molecule has 190 valence electrons. The molecule has 1 aliphatic rings. The van der Waals surface area contributed by atoms with Gasteiger partial charge in [-0.3, -0.25) is 4.79 Å². The number of hydrogen-bond donors (Lipinski definition) is 1. The van der Waals surface area contributed by atoms with E-state index in [0.29, 0.717) is 19.8 Å². The van der Waals surface area contributed by atoms with Crippen molar-refractivity contribution in [2.75, 3.05) is 19.8 Å². The second kappa shape index (κ2) is 10.2. The molecule has 0 unspecified atom stereocenters. The molecule has 0 radical (unpaired) electrons. The number of alkyl halides is 3. The first-order valence-corrected chi connectivity index (χ1v) is 11.9. The molecule has 1 N–H and O–H groups in total. The van der Waals surface area contributed by atoms with Crippen molar-refractivity contribution in [1.29, 1.82) is 0 Å². The highest BCUT2D eigenvalue weighted by Gasteiger charge is 2.39. The Morgan fingerprint density at radius 2 is 1.59 bits per heavy atom. The summed E-state index contributed by atoms with van der Waals surface area (Å²) in [7, 11) is 0. The molecule has 37 heavy (non-hydrogen) atoms. The number of carbonyl (C=O) groups is 1. The van der Waals surface area contributed by atoms with Crippen LogP contribution in [0, 0.1) is 0 Å². The normalized spacial score (nSPS) is 15.3. The number of hydrogen-bond acceptors (Lipinski definition) is 5. The van der Waals surface area contributed by atoms with Gasteiger partial charge in [0.05, 0.1) is 0 Å². The quantitative estimate of drug-likeness (QED) is 0.352. The van der Waals surface area contributed by atoms with Crippen LogP contribution >= 0.6 is 0 Å². The van der Waals surface area contributed by atoms with Crippen LogP contribution in [-0.2, 0) is 16.3 Å². The standard InChI is InChI=1S/C28H24F3N3O3/c29-28(30,31)26-33-24(34-37-26)21-9-4-10-22(16-21)25(35)32-18-27(12-14-36-15-13-27)23-11-5-8-20(17-23)19-6-2-1-3-7-19/h1-11,16-17H,12-15,18H2,(H,32,35). The zero-order valence-electron chi connectivity index (χ0n) is 19.8. The monoisotopic (exact) mass is 507 g/mol. The van der Waals surface area contributed by atoms with E-state index in [4.69, 9.17) is 4.74 Å². The van der Waals surface area contributed by atoms with Gasteiger partial charge in [0.25, 0.3) is 5.91 Å². The second-order valence-corrected chi connectivity index (χ2v) is 9.02. The van der Waals surface area contributed by atoms with Gasteiger partial charge in [0, 0.05) is 36.3 Å². The van der Waals surface area contributed by atoms with Crippen LogP contribution in [-0.4, -0.2) is 35.8 Å². The zero-order chi connectivity index (χ0) is 25.9. The first-order valence-electron chi connectivity index (χ1n) is 11.9. The first-order chi connectivity index (χ1) is 17.8. The Labute approximate surface area is 211 Å². The van der Waals surface area contributed by atoms with E-state index in [1.165, 1.54) is 12.1 Å². The van der Waals surface area contributed by atoms with E-state index in [9.17, 15) is 18.0 Å². The van der Waals surface area contributed by atoms with Gasteiger partial charge in [-0.1, -0.05) is 71.9 Å². The predicted molar refractivity (Wildman–Crippen MR) is 131 cm³/mol. The van der Waals surface area contributed by atoms with Crippen molar-refractivity contribution < 1.29 is 27.2 Å². The van der Waals surface area contributed by atoms with E-state index < -0.39 is 12.1 Å². The molecule has 1 amide bonds. The Balaban J connectivity index is 1.36. The molecule has 2 heterocycles. The summed E-state index contributed by atoms with van der Waals surface area (Å²) >= 11 is 0. The van der Waals surface area contributed by atoms with Crippen LogP contribution in [0.3, 0.4) is 0 Å². The molecule has 0 spiro atoms. The highest BCUT2D eigenvalue weighted by molar-refractivity contribution is 5.95. The van der Waals surface area contributed by atoms with Gasteiger partial charge in [-0.15, -0.1) is 0 Å². The molecule has 6 nitrogen and oxygen atoms in total. The minimum atomic E-state index is -4.74. The lowest BCUT2D eigenvalue weighted by atomic mass is 9.73. The molecule has 1 aliphatic heterocycles. The van der Waals surface area contributed by atoms with Gasteiger partial charge in [0.1, 0.15) is 0 Å². The van der Waals surface area contributed by atoms with E-state index in [1.807, 2.05) is 24.3 Å². The van der Waals surface area contributed by atoms with Crippen molar-refractivity contribution >= 4 is 5.91 Å². The van der Waals surface area contributed by atoms with Crippen molar-refractivity contribution in [2.24, 2.45) is 0 Å². The summed E-state index contributed by atoms with van der Waals surface area (Å²) in [5.41, 5.74) is 3.56. The third-order valence-corrected chi connectivity index (χ3v) is 6.67. The summed E-state index contributed by atoms with van der Waals surface area (Å²) in [6.07, 6.45) is -3.25. The fourth-order valence-electron chi connectivity index (χ4n) is 4.60. The summed E-state index contributed by atoms with van der Waals surface area (Å²) in [6.45, 7) is 1.55. The Morgan fingerprint density at radius 1 is 0.892 bits per heavy atom. The summed E-state index contributed by atoms with van der Waals surface area (Å²) in [4.78, 5) is 16.5. The number of ether oxygens (including phenoxy) is 1. The maximum atomic E-state index is 13.1. The Kier molecular flexibility index (Phi) is 6.80. The number of amides is 1. The lowest BCUT2D eigenvalue weighted by Crippen LogP contribution is -2.44. The van der Waals surface area contributed by atoms with Crippen LogP contribution in [0.15, 0.2) is 83.4 Å². The third-order valence-electron chi connectivity index (χ3n) is 6.67. The molecule has 5 rings (SSSR count). The highest BCUT2D eigenvalue weighted by atomic mass is 19.4. The van der Waals surface area contributed by atoms with Crippen molar-refractivity contribution in [3.8, 4) is 22.5 Å². The second-order valence-electron chi connectivity index (χ2n) is 9.02. The number of halogens is 3. The van der Waals surface area contributed by atoms with Crippen molar-refractivity contribution in [3.63, 3.8) is 0 Å². The van der Waals surface area contributed by atoms with E-state index >= 15 is 0 Å². The minimum absolute atomic E-state index is 0.236. The maximum Gasteiger partial charge on any atom is 0.471 e. The number of aromatic nitrogens is 2. The van der Waals surface area contributed by atoms with Crippen LogP contribution in [0.1, 0.15) is 34.7 Å². The zero-order valence-corrected chi connectivity index (χ0v) is 19.8. The number of rotatable bonds is 6. The number of carbonyl (C=O) groups excluding carboxylic acids is 1. The van der Waals surface area contributed by atoms with Crippen LogP contribution in [0.25, 0.3) is 22.5 Å². The van der Waals surface area contributed by atoms with E-state index in [2.05, 4.69) is 50.3 Å². The predicted octanol–water partition coefficient (Wildman–Crippen LogP) is 5.90. The molecule has 0 bridgehead atoms. The minimum Gasteiger partial charge on any atom is -0.381 e. The Hall–Kier alpha value is -3.98. The number of benzene rings is 3.